The van der Waals surface area contributed by atoms with Gasteiger partial charge in [0.15, 0.2) is 5.65 Å². The SMILES string of the molecule is COCCC(C)n1c(C(C)Cl)nc2c(C)nn(C)c21. The van der Waals surface area contributed by atoms with E-state index in [2.05, 4.69) is 21.6 Å². The number of fused-ring (bicyclic) bond motifs is 1. The molecule has 0 aliphatic heterocycles. The predicted molar refractivity (Wildman–Crippen MR) is 76.7 cm³/mol. The van der Waals surface area contributed by atoms with Gasteiger partial charge >= 0.3 is 0 Å². The van der Waals surface area contributed by atoms with Crippen molar-refractivity contribution in [3.05, 3.63) is 11.5 Å². The highest BCUT2D eigenvalue weighted by molar-refractivity contribution is 6.20. The number of ether oxygens (including phenoxy) is 1. The van der Waals surface area contributed by atoms with Gasteiger partial charge in [-0.05, 0) is 27.2 Å². The molecule has 0 aromatic carbocycles. The van der Waals surface area contributed by atoms with E-state index in [0.29, 0.717) is 6.61 Å². The number of alkyl halides is 1. The van der Waals surface area contributed by atoms with Crippen LogP contribution in [-0.2, 0) is 11.8 Å². The lowest BCUT2D eigenvalue weighted by Gasteiger charge is -2.18. The molecule has 2 aromatic heterocycles. The van der Waals surface area contributed by atoms with E-state index < -0.39 is 0 Å². The van der Waals surface area contributed by atoms with Crippen LogP contribution in [0.25, 0.3) is 11.2 Å². The Morgan fingerprint density at radius 1 is 1.37 bits per heavy atom. The van der Waals surface area contributed by atoms with Gasteiger partial charge in [-0.1, -0.05) is 0 Å². The third-order valence-electron chi connectivity index (χ3n) is 3.40. The van der Waals surface area contributed by atoms with Crippen LogP contribution in [0.3, 0.4) is 0 Å². The van der Waals surface area contributed by atoms with Gasteiger partial charge in [0.2, 0.25) is 0 Å². The Labute approximate surface area is 118 Å². The van der Waals surface area contributed by atoms with Crippen LogP contribution in [0.1, 0.15) is 43.2 Å². The van der Waals surface area contributed by atoms with E-state index in [1.165, 1.54) is 0 Å². The summed E-state index contributed by atoms with van der Waals surface area (Å²) in [6, 6.07) is 0.274. The standard InChI is InChI=1S/C13H21ClN4O/c1-8(6-7-19-5)18-12(9(2)14)15-11-10(3)16-17(4)13(11)18/h8-9H,6-7H2,1-5H3. The van der Waals surface area contributed by atoms with Crippen LogP contribution in [0.4, 0.5) is 0 Å². The molecule has 2 unspecified atom stereocenters. The first-order valence-corrected chi connectivity index (χ1v) is 6.95. The van der Waals surface area contributed by atoms with E-state index in [0.717, 1.165) is 29.1 Å². The molecule has 0 aliphatic rings. The Kier molecular flexibility index (Phi) is 4.16. The Morgan fingerprint density at radius 2 is 2.05 bits per heavy atom. The van der Waals surface area contributed by atoms with Crippen molar-refractivity contribution in [2.45, 2.75) is 38.6 Å². The zero-order valence-corrected chi connectivity index (χ0v) is 12.9. The van der Waals surface area contributed by atoms with Crippen LogP contribution in [0.15, 0.2) is 0 Å². The summed E-state index contributed by atoms with van der Waals surface area (Å²) in [6.45, 7) is 6.80. The summed E-state index contributed by atoms with van der Waals surface area (Å²) < 4.78 is 9.23. The van der Waals surface area contributed by atoms with Crippen LogP contribution < -0.4 is 0 Å². The number of aromatic nitrogens is 4. The largest absolute Gasteiger partial charge is 0.385 e. The summed E-state index contributed by atoms with van der Waals surface area (Å²) in [5.74, 6) is 0.899. The van der Waals surface area contributed by atoms with Crippen molar-refractivity contribution in [3.63, 3.8) is 0 Å². The van der Waals surface area contributed by atoms with Crippen molar-refractivity contribution in [2.24, 2.45) is 7.05 Å². The third-order valence-corrected chi connectivity index (χ3v) is 3.59. The highest BCUT2D eigenvalue weighted by Crippen LogP contribution is 2.30. The van der Waals surface area contributed by atoms with Crippen LogP contribution in [0.5, 0.6) is 0 Å². The first-order valence-electron chi connectivity index (χ1n) is 6.51. The molecular formula is C13H21ClN4O. The van der Waals surface area contributed by atoms with Gasteiger partial charge in [-0.2, -0.15) is 5.10 Å². The zero-order valence-electron chi connectivity index (χ0n) is 12.1. The Balaban J connectivity index is 2.57. The number of rotatable bonds is 5. The number of aryl methyl sites for hydroxylation is 2. The maximum Gasteiger partial charge on any atom is 0.158 e. The topological polar surface area (TPSA) is 44.9 Å². The molecule has 106 valence electrons. The lowest BCUT2D eigenvalue weighted by Crippen LogP contribution is -2.14. The average molecular weight is 285 g/mol. The predicted octanol–water partition coefficient (Wildman–Crippen LogP) is 2.98. The van der Waals surface area contributed by atoms with Gasteiger partial charge in [0, 0.05) is 26.8 Å². The Hall–Kier alpha value is -1.07. The quantitative estimate of drug-likeness (QED) is 0.793. The molecule has 2 aromatic rings. The number of halogens is 1. The van der Waals surface area contributed by atoms with E-state index in [1.807, 2.05) is 25.6 Å². The van der Waals surface area contributed by atoms with Gasteiger partial charge < -0.3 is 9.30 Å². The summed E-state index contributed by atoms with van der Waals surface area (Å²) in [4.78, 5) is 4.67. The maximum atomic E-state index is 6.28. The number of hydrogen-bond acceptors (Lipinski definition) is 3. The van der Waals surface area contributed by atoms with Gasteiger partial charge in [0.05, 0.1) is 11.1 Å². The molecule has 0 radical (unpaired) electrons. The summed E-state index contributed by atoms with van der Waals surface area (Å²) in [6.07, 6.45) is 0.919. The van der Waals surface area contributed by atoms with Crippen LogP contribution in [0, 0.1) is 6.92 Å². The molecule has 0 spiro atoms. The van der Waals surface area contributed by atoms with Crippen molar-refractivity contribution < 1.29 is 4.74 Å². The second kappa shape index (κ2) is 5.51. The van der Waals surface area contributed by atoms with Gasteiger partial charge in [0.25, 0.3) is 0 Å². The minimum absolute atomic E-state index is 0.128. The molecule has 0 amide bonds. The van der Waals surface area contributed by atoms with Gasteiger partial charge in [-0.3, -0.25) is 4.68 Å². The van der Waals surface area contributed by atoms with Gasteiger partial charge in [-0.15, -0.1) is 11.6 Å². The molecule has 0 N–H and O–H groups in total. The summed E-state index contributed by atoms with van der Waals surface area (Å²) in [5, 5.41) is 4.31. The fraction of sp³-hybridized carbons (Fsp3) is 0.692. The normalized spacial score (nSPS) is 15.1. The fourth-order valence-corrected chi connectivity index (χ4v) is 2.60. The summed E-state index contributed by atoms with van der Waals surface area (Å²) in [5.41, 5.74) is 2.91. The molecule has 0 aliphatic carbocycles. The van der Waals surface area contributed by atoms with Crippen molar-refractivity contribution in [1.29, 1.82) is 0 Å². The zero-order chi connectivity index (χ0) is 14.2. The highest BCUT2D eigenvalue weighted by Gasteiger charge is 2.23. The van der Waals surface area contributed by atoms with Crippen molar-refractivity contribution >= 4 is 22.8 Å². The Morgan fingerprint density at radius 3 is 2.63 bits per heavy atom. The van der Waals surface area contributed by atoms with Crippen LogP contribution >= 0.6 is 11.6 Å². The van der Waals surface area contributed by atoms with E-state index in [9.17, 15) is 0 Å². The number of hydrogen-bond donors (Lipinski definition) is 0. The lowest BCUT2D eigenvalue weighted by molar-refractivity contribution is 0.181. The highest BCUT2D eigenvalue weighted by atomic mass is 35.5. The maximum absolute atomic E-state index is 6.28. The minimum Gasteiger partial charge on any atom is -0.385 e. The molecular weight excluding hydrogens is 264 g/mol. The van der Waals surface area contributed by atoms with Crippen LogP contribution in [-0.4, -0.2) is 33.0 Å². The number of methoxy groups -OCH3 is 1. The van der Waals surface area contributed by atoms with Crippen molar-refractivity contribution in [3.8, 4) is 0 Å². The molecule has 0 saturated heterocycles. The molecule has 2 atom stereocenters. The second-order valence-corrected chi connectivity index (χ2v) is 5.62. The van der Waals surface area contributed by atoms with Crippen molar-refractivity contribution in [1.82, 2.24) is 19.3 Å². The molecule has 6 heteroatoms. The number of imidazole rings is 1. The van der Waals surface area contributed by atoms with Crippen molar-refractivity contribution in [2.75, 3.05) is 13.7 Å². The van der Waals surface area contributed by atoms with Gasteiger partial charge in [-0.25, -0.2) is 4.98 Å². The third kappa shape index (κ3) is 2.49. The average Bonchev–Trinajstić information content (AvgIpc) is 2.86. The fourth-order valence-electron chi connectivity index (χ4n) is 2.45. The molecule has 0 fully saturated rings. The summed E-state index contributed by atoms with van der Waals surface area (Å²) in [7, 11) is 3.66. The molecule has 19 heavy (non-hydrogen) atoms. The van der Waals surface area contributed by atoms with E-state index in [4.69, 9.17) is 16.3 Å². The molecule has 5 nitrogen and oxygen atoms in total. The van der Waals surface area contributed by atoms with Gasteiger partial charge in [0.1, 0.15) is 11.3 Å². The number of nitrogens with zero attached hydrogens (tertiary/aromatic N) is 4. The molecule has 0 saturated carbocycles. The summed E-state index contributed by atoms with van der Waals surface area (Å²) >= 11 is 6.28. The first kappa shape index (κ1) is 14.3. The molecule has 2 rings (SSSR count). The first-order chi connectivity index (χ1) is 8.97. The van der Waals surface area contributed by atoms with E-state index >= 15 is 0 Å². The molecule has 0 bridgehead atoms. The monoisotopic (exact) mass is 284 g/mol. The molecule has 2 heterocycles. The lowest BCUT2D eigenvalue weighted by atomic mass is 10.2. The second-order valence-electron chi connectivity index (χ2n) is 4.97. The van der Waals surface area contributed by atoms with E-state index in [1.54, 1.807) is 7.11 Å². The minimum atomic E-state index is -0.128. The van der Waals surface area contributed by atoms with E-state index in [-0.39, 0.29) is 11.4 Å². The van der Waals surface area contributed by atoms with Crippen LogP contribution in [0.2, 0.25) is 0 Å². The Bertz CT molecular complexity index is 573. The smallest absolute Gasteiger partial charge is 0.158 e.